The number of dihydropyridines is 1. The molecule has 316 valence electrons. The molecule has 4 aliphatic heterocycles. The molecule has 0 radical (unpaired) electrons. The Balaban J connectivity index is 1.33. The summed E-state index contributed by atoms with van der Waals surface area (Å²) in [5.74, 6) is -13.5. The fraction of sp³-hybridized carbons (Fsp3) is 0.378. The number of hydrogen-bond donors (Lipinski definition) is 14. The number of aliphatic hydroxyl groups excluding tert-OH is 6. The Hall–Kier alpha value is -5.63. The van der Waals surface area contributed by atoms with Crippen LogP contribution in [0.4, 0.5) is 0 Å². The molecule has 11 atom stereocenters. The van der Waals surface area contributed by atoms with Crippen molar-refractivity contribution in [1.82, 2.24) is 5.32 Å². The summed E-state index contributed by atoms with van der Waals surface area (Å²) in [4.78, 5) is 38.9. The van der Waals surface area contributed by atoms with Crippen LogP contribution in [0.2, 0.25) is 0 Å². The molecule has 2 aromatic carbocycles. The Bertz CT molecular complexity index is 2340. The number of aromatic hydroxyl groups is 3. The van der Waals surface area contributed by atoms with E-state index >= 15 is 0 Å². The van der Waals surface area contributed by atoms with Gasteiger partial charge in [0.15, 0.2) is 29.1 Å². The lowest BCUT2D eigenvalue weighted by Gasteiger charge is -2.46. The van der Waals surface area contributed by atoms with Crippen LogP contribution in [0.3, 0.4) is 0 Å². The van der Waals surface area contributed by atoms with Gasteiger partial charge in [-0.25, -0.2) is 9.59 Å². The van der Waals surface area contributed by atoms with Crippen LogP contribution in [0.15, 0.2) is 69.6 Å². The first-order valence-electron chi connectivity index (χ1n) is 17.7. The number of carboxylic acid groups (broad SMARTS) is 1. The molecule has 4 aliphatic rings. The van der Waals surface area contributed by atoms with Crippen LogP contribution in [0, 0.1) is 0 Å². The molecule has 22 heteroatoms. The molecular formula is C37H38N2O20. The zero-order valence-electron chi connectivity index (χ0n) is 30.1. The normalized spacial score (nSPS) is 32.4. The maximum absolute atomic E-state index is 13.7. The van der Waals surface area contributed by atoms with E-state index in [2.05, 4.69) is 5.32 Å². The number of ether oxygens (including phenoxy) is 4. The highest BCUT2D eigenvalue weighted by molar-refractivity contribution is 5.89. The highest BCUT2D eigenvalue weighted by atomic mass is 16.8. The van der Waals surface area contributed by atoms with E-state index in [-0.39, 0.29) is 39.8 Å². The van der Waals surface area contributed by atoms with E-state index in [0.29, 0.717) is 5.57 Å². The number of carbonyl (C=O) groups excluding carboxylic acids is 1. The summed E-state index contributed by atoms with van der Waals surface area (Å²) in [6.45, 7) is -0.406. The van der Waals surface area contributed by atoms with Crippen LogP contribution in [0.5, 0.6) is 23.0 Å². The summed E-state index contributed by atoms with van der Waals surface area (Å²) in [7, 11) is 0. The monoisotopic (exact) mass is 830 g/mol. The highest BCUT2D eigenvalue weighted by Gasteiger charge is 2.61. The fourth-order valence-corrected chi connectivity index (χ4v) is 7.21. The van der Waals surface area contributed by atoms with Gasteiger partial charge in [-0.1, -0.05) is 12.2 Å². The molecule has 2 saturated heterocycles. The summed E-state index contributed by atoms with van der Waals surface area (Å²) in [5.41, 5.74) is 5.17. The SMILES string of the molecule is NC1C=CC([C@H]2C=C[C@]3(Oc4cc5oc(-c6cc(O)c(O)c(CCO)c6)cc(=O)c5c(O)c42)O[C@H](C(=O)O[C@H]2O[C@H](C(=O)O)C(O)(O)[C@H](O)[C@H]2O)[C@@H](O)[C@H](O)[C@H]3O)=CN1. The third-order valence-corrected chi connectivity index (χ3v) is 10.3. The first-order chi connectivity index (χ1) is 27.8. The summed E-state index contributed by atoms with van der Waals surface area (Å²) in [6, 6.07) is 4.53. The molecule has 59 heavy (non-hydrogen) atoms. The molecule has 2 fully saturated rings. The van der Waals surface area contributed by atoms with Gasteiger partial charge in [-0.15, -0.1) is 0 Å². The first kappa shape index (κ1) is 41.5. The van der Waals surface area contributed by atoms with Crippen molar-refractivity contribution in [3.8, 4) is 34.3 Å². The second-order valence-electron chi connectivity index (χ2n) is 14.2. The lowest BCUT2D eigenvalue weighted by molar-refractivity contribution is -0.373. The van der Waals surface area contributed by atoms with Crippen molar-refractivity contribution in [3.63, 3.8) is 0 Å². The van der Waals surface area contributed by atoms with Gasteiger partial charge < -0.3 is 95.7 Å². The summed E-state index contributed by atoms with van der Waals surface area (Å²) >= 11 is 0. The number of carbonyl (C=O) groups is 2. The number of esters is 1. The summed E-state index contributed by atoms with van der Waals surface area (Å²) in [6.07, 6.45) is -13.4. The Kier molecular flexibility index (Phi) is 10.7. The first-order valence-corrected chi connectivity index (χ1v) is 17.7. The van der Waals surface area contributed by atoms with Crippen molar-refractivity contribution in [2.75, 3.05) is 6.61 Å². The predicted molar refractivity (Wildman–Crippen MR) is 192 cm³/mol. The Morgan fingerprint density at radius 2 is 1.66 bits per heavy atom. The van der Waals surface area contributed by atoms with Gasteiger partial charge in [0.1, 0.15) is 52.6 Å². The van der Waals surface area contributed by atoms with Gasteiger partial charge in [-0.3, -0.25) is 4.79 Å². The molecule has 0 bridgehead atoms. The average molecular weight is 831 g/mol. The number of rotatable bonds is 7. The summed E-state index contributed by atoms with van der Waals surface area (Å²) in [5, 5.41) is 128. The molecule has 7 rings (SSSR count). The van der Waals surface area contributed by atoms with Crippen LogP contribution in [0.25, 0.3) is 22.3 Å². The van der Waals surface area contributed by atoms with Gasteiger partial charge in [-0.2, -0.15) is 0 Å². The van der Waals surface area contributed by atoms with Crippen LogP contribution in [-0.4, -0.2) is 147 Å². The maximum atomic E-state index is 13.7. The van der Waals surface area contributed by atoms with Crippen molar-refractivity contribution >= 4 is 22.9 Å². The average Bonchev–Trinajstić information content (AvgIpc) is 3.35. The number of nitrogens with two attached hydrogens (primary N) is 1. The minimum atomic E-state index is -3.56. The van der Waals surface area contributed by atoms with E-state index in [4.69, 9.17) is 29.1 Å². The third kappa shape index (κ3) is 7.04. The quantitative estimate of drug-likeness (QED) is 0.0473. The van der Waals surface area contributed by atoms with Gasteiger partial charge in [0.2, 0.25) is 18.2 Å². The molecule has 1 aromatic heterocycles. The van der Waals surface area contributed by atoms with E-state index in [1.54, 1.807) is 12.2 Å². The lowest BCUT2D eigenvalue weighted by Crippen LogP contribution is -2.70. The number of aliphatic hydroxyl groups is 8. The smallest absolute Gasteiger partial charge is 0.340 e. The van der Waals surface area contributed by atoms with E-state index in [1.165, 1.54) is 18.3 Å². The molecule has 3 aromatic rings. The molecule has 0 aliphatic carbocycles. The summed E-state index contributed by atoms with van der Waals surface area (Å²) < 4.78 is 27.9. The van der Waals surface area contributed by atoms with Crippen molar-refractivity contribution in [1.29, 1.82) is 0 Å². The van der Waals surface area contributed by atoms with Crippen LogP contribution in [0.1, 0.15) is 17.0 Å². The third-order valence-electron chi connectivity index (χ3n) is 10.3. The van der Waals surface area contributed by atoms with Crippen molar-refractivity contribution < 1.29 is 94.2 Å². The molecule has 0 amide bonds. The fourth-order valence-electron chi connectivity index (χ4n) is 7.21. The van der Waals surface area contributed by atoms with E-state index in [9.17, 15) is 75.7 Å². The van der Waals surface area contributed by atoms with Gasteiger partial charge in [0, 0.05) is 47.5 Å². The molecular weight excluding hydrogens is 792 g/mol. The molecule has 1 spiro atoms. The Morgan fingerprint density at radius 3 is 2.32 bits per heavy atom. The standard InChI is InChI=1S/C37H38N2O20/c38-21-2-1-13(11-39-21)15-3-5-36(30(48)27(46)26(45)29(59-36)34(52)57-35-28(47)31(49)37(53,54)32(56-35)33(50)51)58-20-10-19-23(25(44)22(15)20)16(41)9-18(55-19)14-7-12(4-6-40)24(43)17(42)8-14/h1-3,5,7-11,15,21,26-32,35,39-40,42-49,53-54H,4,6,38H2,(H,50,51)/t15-,21?,26+,27+,28-,29+,30-,31-,32-,35-,36+/m1/s1. The van der Waals surface area contributed by atoms with Crippen molar-refractivity contribution in [2.45, 2.75) is 79.1 Å². The number of fused-ring (bicyclic) bond motifs is 2. The number of hydrogen-bond acceptors (Lipinski definition) is 21. The molecule has 1 unspecified atom stereocenters. The maximum Gasteiger partial charge on any atom is 0.340 e. The minimum absolute atomic E-state index is 0.0662. The number of allylic oxidation sites excluding steroid dienone is 3. The van der Waals surface area contributed by atoms with Crippen molar-refractivity contribution in [3.05, 3.63) is 81.7 Å². The van der Waals surface area contributed by atoms with E-state index in [1.807, 2.05) is 0 Å². The molecule has 22 nitrogen and oxygen atoms in total. The van der Waals surface area contributed by atoms with Gasteiger partial charge in [0.05, 0.1) is 6.17 Å². The van der Waals surface area contributed by atoms with Gasteiger partial charge in [-0.05, 0) is 36.3 Å². The number of carboxylic acids is 1. The minimum Gasteiger partial charge on any atom is -0.507 e. The topological polar surface area (TPSA) is 382 Å². The molecule has 0 saturated carbocycles. The molecule has 5 heterocycles. The van der Waals surface area contributed by atoms with Crippen LogP contribution >= 0.6 is 0 Å². The predicted octanol–water partition coefficient (Wildman–Crippen LogP) is -3.59. The lowest BCUT2D eigenvalue weighted by atomic mass is 9.87. The second-order valence-corrected chi connectivity index (χ2v) is 14.2. The number of benzene rings is 2. The van der Waals surface area contributed by atoms with Crippen molar-refractivity contribution in [2.24, 2.45) is 5.73 Å². The zero-order chi connectivity index (χ0) is 42.9. The highest BCUT2D eigenvalue weighted by Crippen LogP contribution is 2.49. The number of aliphatic carboxylic acids is 1. The van der Waals surface area contributed by atoms with Gasteiger partial charge >= 0.3 is 11.9 Å². The van der Waals surface area contributed by atoms with Crippen LogP contribution in [-0.2, 0) is 30.2 Å². The largest absolute Gasteiger partial charge is 0.507 e. The Morgan fingerprint density at radius 1 is 0.932 bits per heavy atom. The Labute approximate surface area is 329 Å². The number of phenolic OH excluding ortho intramolecular Hbond substituents is 3. The number of nitrogens with one attached hydrogen (secondary N) is 1. The van der Waals surface area contributed by atoms with Gasteiger partial charge in [0.25, 0.3) is 5.79 Å². The molecule has 15 N–H and O–H groups in total. The number of phenols is 3. The van der Waals surface area contributed by atoms with E-state index in [0.717, 1.165) is 24.3 Å². The zero-order valence-corrected chi connectivity index (χ0v) is 30.1. The van der Waals surface area contributed by atoms with Crippen LogP contribution < -0.4 is 21.2 Å². The van der Waals surface area contributed by atoms with E-state index < -0.39 is 120 Å². The second kappa shape index (κ2) is 15.2.